The van der Waals surface area contributed by atoms with E-state index in [1.54, 1.807) is 0 Å². The predicted molar refractivity (Wildman–Crippen MR) is 97.0 cm³/mol. The molecule has 0 saturated carbocycles. The normalized spacial score (nSPS) is 34.6. The van der Waals surface area contributed by atoms with Crippen LogP contribution in [0.5, 0.6) is 0 Å². The summed E-state index contributed by atoms with van der Waals surface area (Å²) in [6, 6.07) is -0.531. The number of hydrogen-bond acceptors (Lipinski definition) is 7. The van der Waals surface area contributed by atoms with Gasteiger partial charge in [0.05, 0.1) is 18.1 Å². The molecule has 0 bridgehead atoms. The second-order valence-electron chi connectivity index (χ2n) is 7.18. The van der Waals surface area contributed by atoms with Crippen LogP contribution in [0.2, 0.25) is 0 Å². The molecule has 0 unspecified atom stereocenters. The number of β-lactam (4-membered cyclic amide) rings is 1. The average molecular weight is 421 g/mol. The topological polar surface area (TPSA) is 156 Å². The monoisotopic (exact) mass is 421 g/mol. The van der Waals surface area contributed by atoms with Crippen LogP contribution in [-0.4, -0.2) is 76.5 Å². The third kappa shape index (κ3) is 3.87. The summed E-state index contributed by atoms with van der Waals surface area (Å²) in [4.78, 5) is 26.0. The molecular formula is C15H23N3O7S2. The third-order valence-corrected chi connectivity index (χ3v) is 7.34. The highest BCUT2D eigenvalue weighted by Gasteiger charge is 2.60. The van der Waals surface area contributed by atoms with E-state index in [4.69, 9.17) is 4.55 Å². The van der Waals surface area contributed by atoms with Crippen molar-refractivity contribution in [3.05, 3.63) is 10.6 Å². The zero-order valence-electron chi connectivity index (χ0n) is 14.8. The Balaban J connectivity index is 1.71. The summed E-state index contributed by atoms with van der Waals surface area (Å²) in [5.74, 6) is -2.33. The molecule has 0 aromatic carbocycles. The lowest BCUT2D eigenvalue weighted by Gasteiger charge is -2.46. The molecule has 5 N–H and O–H groups in total. The highest BCUT2D eigenvalue weighted by molar-refractivity contribution is 8.03. The number of rotatable bonds is 7. The minimum Gasteiger partial charge on any atom is -0.477 e. The van der Waals surface area contributed by atoms with Gasteiger partial charge in [-0.15, -0.1) is 11.8 Å². The molecule has 0 radical (unpaired) electrons. The summed E-state index contributed by atoms with van der Waals surface area (Å²) in [7, 11) is -4.26. The van der Waals surface area contributed by atoms with Crippen LogP contribution < -0.4 is 10.0 Å². The van der Waals surface area contributed by atoms with Crippen molar-refractivity contribution < 1.29 is 32.8 Å². The second-order valence-corrected chi connectivity index (χ2v) is 9.76. The zero-order valence-corrected chi connectivity index (χ0v) is 16.5. The maximum absolute atomic E-state index is 12.3. The summed E-state index contributed by atoms with van der Waals surface area (Å²) in [6.07, 6.45) is -0.265. The maximum Gasteiger partial charge on any atom is 0.353 e. The van der Waals surface area contributed by atoms with Crippen molar-refractivity contribution in [1.29, 1.82) is 0 Å². The molecule has 3 aliphatic rings. The quantitative estimate of drug-likeness (QED) is 0.257. The Morgan fingerprint density at radius 1 is 1.48 bits per heavy atom. The number of nitrogens with zero attached hydrogens (tertiary/aromatic N) is 1. The number of nitrogens with one attached hydrogen (secondary N) is 2. The molecule has 1 amide bonds. The Kier molecular flexibility index (Phi) is 5.58. The highest BCUT2D eigenvalue weighted by Crippen LogP contribution is 2.51. The van der Waals surface area contributed by atoms with Crippen molar-refractivity contribution in [2.75, 3.05) is 13.1 Å². The summed E-state index contributed by atoms with van der Waals surface area (Å²) in [5, 5.41) is 22.6. The lowest BCUT2D eigenvalue weighted by Crippen LogP contribution is -2.63. The number of carbonyl (C=O) groups excluding carboxylic acids is 1. The van der Waals surface area contributed by atoms with Gasteiger partial charge < -0.3 is 20.4 Å². The van der Waals surface area contributed by atoms with Gasteiger partial charge in [-0.1, -0.05) is 6.92 Å². The minimum absolute atomic E-state index is 0.00352. The summed E-state index contributed by atoms with van der Waals surface area (Å²) < 4.78 is 32.4. The smallest absolute Gasteiger partial charge is 0.353 e. The lowest BCUT2D eigenvalue weighted by atomic mass is 9.79. The summed E-state index contributed by atoms with van der Waals surface area (Å²) >= 11 is 1.38. The molecule has 0 aliphatic carbocycles. The van der Waals surface area contributed by atoms with E-state index in [2.05, 4.69) is 5.32 Å². The van der Waals surface area contributed by atoms with E-state index >= 15 is 0 Å². The van der Waals surface area contributed by atoms with Gasteiger partial charge >= 0.3 is 16.3 Å². The van der Waals surface area contributed by atoms with Crippen LogP contribution in [0.25, 0.3) is 0 Å². The highest BCUT2D eigenvalue weighted by atomic mass is 32.2. The predicted octanol–water partition coefficient (Wildman–Crippen LogP) is -1.00. The van der Waals surface area contributed by atoms with Crippen LogP contribution >= 0.6 is 11.8 Å². The van der Waals surface area contributed by atoms with E-state index < -0.39 is 28.3 Å². The molecule has 152 valence electrons. The first kappa shape index (κ1) is 20.6. The van der Waals surface area contributed by atoms with Gasteiger partial charge in [-0.3, -0.25) is 9.35 Å². The Morgan fingerprint density at radius 2 is 2.15 bits per heavy atom. The number of amides is 1. The number of carboxylic acid groups (broad SMARTS) is 1. The van der Waals surface area contributed by atoms with Crippen molar-refractivity contribution in [2.24, 2.45) is 11.8 Å². The van der Waals surface area contributed by atoms with Gasteiger partial charge in [0.1, 0.15) is 5.70 Å². The van der Waals surface area contributed by atoms with Crippen LogP contribution in [-0.2, 0) is 19.9 Å². The van der Waals surface area contributed by atoms with Crippen molar-refractivity contribution >= 4 is 33.9 Å². The number of aliphatic carboxylic acids is 1. The Hall–Kier alpha value is -1.18. The van der Waals surface area contributed by atoms with Crippen LogP contribution in [0.4, 0.5) is 0 Å². The number of aliphatic hydroxyl groups is 1. The minimum atomic E-state index is -4.26. The Morgan fingerprint density at radius 3 is 2.70 bits per heavy atom. The Bertz CT molecular complexity index is 782. The first-order valence-corrected chi connectivity index (χ1v) is 10.9. The molecule has 0 aromatic rings. The van der Waals surface area contributed by atoms with Gasteiger partial charge in [0.2, 0.25) is 5.91 Å². The molecule has 0 aromatic heterocycles. The maximum atomic E-state index is 12.3. The van der Waals surface area contributed by atoms with E-state index in [1.165, 1.54) is 23.6 Å². The van der Waals surface area contributed by atoms with Crippen LogP contribution in [0.15, 0.2) is 10.6 Å². The fourth-order valence-electron chi connectivity index (χ4n) is 4.09. The first-order valence-electron chi connectivity index (χ1n) is 8.62. The molecule has 3 rings (SSSR count). The standard InChI is InChI=1S/C15H23N3O7S2/c1-6-11-10(7(2)19)14(20)18(11)12(15(21)22)13(6)26-9-3-8(16-5-9)4-17-27(23,24)25/h6-11,16-17,19H,3-5H2,1-2H3,(H,21,22)(H,23,24,25)/t6-,7-,8+,9+,10-,11-/m1/s1. The zero-order chi connectivity index (χ0) is 20.1. The van der Waals surface area contributed by atoms with Crippen molar-refractivity contribution in [2.45, 2.75) is 43.7 Å². The molecule has 27 heavy (non-hydrogen) atoms. The summed E-state index contributed by atoms with van der Waals surface area (Å²) in [5.41, 5.74) is -0.0149. The molecule has 2 saturated heterocycles. The SMILES string of the molecule is C[C@@H](O)[C@H]1C(=O)N2C(C(=O)O)=C(S[C@@H]3CN[C@H](CNS(=O)(=O)O)C3)[C@H](C)[C@H]12. The van der Waals surface area contributed by atoms with Gasteiger partial charge in [-0.25, -0.2) is 4.79 Å². The molecule has 3 heterocycles. The fraction of sp³-hybridized carbons (Fsp3) is 0.733. The van der Waals surface area contributed by atoms with Crippen molar-refractivity contribution in [3.63, 3.8) is 0 Å². The Labute approximate surface area is 161 Å². The van der Waals surface area contributed by atoms with Gasteiger partial charge in [0, 0.05) is 35.2 Å². The van der Waals surface area contributed by atoms with Crippen LogP contribution in [0, 0.1) is 11.8 Å². The van der Waals surface area contributed by atoms with Gasteiger partial charge in [0.25, 0.3) is 0 Å². The van der Waals surface area contributed by atoms with Crippen molar-refractivity contribution in [3.8, 4) is 0 Å². The van der Waals surface area contributed by atoms with E-state index in [0.717, 1.165) is 0 Å². The third-order valence-electron chi connectivity index (χ3n) is 5.30. The van der Waals surface area contributed by atoms with E-state index in [-0.39, 0.29) is 41.4 Å². The van der Waals surface area contributed by atoms with Crippen LogP contribution in [0.1, 0.15) is 20.3 Å². The van der Waals surface area contributed by atoms with Crippen molar-refractivity contribution in [1.82, 2.24) is 14.9 Å². The number of carboxylic acids is 1. The molecule has 12 heteroatoms. The number of carbonyl (C=O) groups is 2. The molecule has 6 atom stereocenters. The molecule has 0 spiro atoms. The van der Waals surface area contributed by atoms with Gasteiger partial charge in [0.15, 0.2) is 0 Å². The lowest BCUT2D eigenvalue weighted by molar-refractivity contribution is -0.163. The van der Waals surface area contributed by atoms with Gasteiger partial charge in [-0.2, -0.15) is 13.1 Å². The largest absolute Gasteiger partial charge is 0.477 e. The number of hydrogen-bond donors (Lipinski definition) is 5. The van der Waals surface area contributed by atoms with Crippen LogP contribution in [0.3, 0.4) is 0 Å². The van der Waals surface area contributed by atoms with E-state index in [9.17, 15) is 28.2 Å². The molecule has 3 aliphatic heterocycles. The number of aliphatic hydroxyl groups excluding tert-OH is 1. The number of thioether (sulfide) groups is 1. The van der Waals surface area contributed by atoms with E-state index in [1.807, 2.05) is 11.6 Å². The fourth-order valence-corrected chi connectivity index (χ4v) is 6.02. The summed E-state index contributed by atoms with van der Waals surface area (Å²) in [6.45, 7) is 3.97. The molecule has 2 fully saturated rings. The van der Waals surface area contributed by atoms with E-state index in [0.29, 0.717) is 17.9 Å². The second kappa shape index (κ2) is 7.33. The average Bonchev–Trinajstić information content (AvgIpc) is 3.07. The molecular weight excluding hydrogens is 398 g/mol. The molecule has 10 nitrogen and oxygen atoms in total. The van der Waals surface area contributed by atoms with Gasteiger partial charge in [-0.05, 0) is 13.3 Å². The first-order chi connectivity index (χ1) is 12.5. The number of fused-ring (bicyclic) bond motifs is 1.